The molecular formula is C21H20. The third-order valence-corrected chi connectivity index (χ3v) is 3.84. The Balaban J connectivity index is 2.16. The molecule has 0 saturated heterocycles. The maximum absolute atomic E-state index is 2.31. The summed E-state index contributed by atoms with van der Waals surface area (Å²) in [5, 5.41) is 0. The first kappa shape index (κ1) is 13.6. The second kappa shape index (κ2) is 5.97. The molecule has 0 saturated carbocycles. The Labute approximate surface area is 127 Å². The van der Waals surface area contributed by atoms with Gasteiger partial charge >= 0.3 is 0 Å². The topological polar surface area (TPSA) is 0 Å². The molecule has 0 aromatic heterocycles. The van der Waals surface area contributed by atoms with E-state index < -0.39 is 0 Å². The summed E-state index contributed by atoms with van der Waals surface area (Å²) < 4.78 is 0. The Morgan fingerprint density at radius 3 is 1.33 bits per heavy atom. The van der Waals surface area contributed by atoms with E-state index in [0.717, 1.165) is 0 Å². The minimum atomic E-state index is 0.524. The minimum absolute atomic E-state index is 0.524. The standard InChI is InChI=1S/C21H20/c1-16(2)19-13-20(17-9-5-3-6-10-17)15-21(14-19)18-11-7-4-8-12-18/h3-16H,1-2H3. The lowest BCUT2D eigenvalue weighted by molar-refractivity contribution is 0.867. The van der Waals surface area contributed by atoms with Gasteiger partial charge in [0.05, 0.1) is 0 Å². The van der Waals surface area contributed by atoms with E-state index >= 15 is 0 Å². The van der Waals surface area contributed by atoms with E-state index in [1.165, 1.54) is 27.8 Å². The van der Waals surface area contributed by atoms with Crippen molar-refractivity contribution >= 4 is 0 Å². The lowest BCUT2D eigenvalue weighted by Crippen LogP contribution is -1.91. The smallest absolute Gasteiger partial charge is 0.0175 e. The predicted molar refractivity (Wildman–Crippen MR) is 91.4 cm³/mol. The second-order valence-electron chi connectivity index (χ2n) is 5.73. The van der Waals surface area contributed by atoms with Gasteiger partial charge in [0.1, 0.15) is 0 Å². The molecule has 0 aliphatic heterocycles. The van der Waals surface area contributed by atoms with Gasteiger partial charge in [-0.1, -0.05) is 86.6 Å². The molecule has 0 N–H and O–H groups in total. The molecule has 0 amide bonds. The lowest BCUT2D eigenvalue weighted by atomic mass is 9.92. The lowest BCUT2D eigenvalue weighted by Gasteiger charge is -2.13. The van der Waals surface area contributed by atoms with Crippen LogP contribution in [0.3, 0.4) is 0 Å². The zero-order chi connectivity index (χ0) is 14.7. The van der Waals surface area contributed by atoms with Crippen molar-refractivity contribution in [3.63, 3.8) is 0 Å². The van der Waals surface area contributed by atoms with Crippen molar-refractivity contribution in [2.45, 2.75) is 19.8 Å². The fourth-order valence-electron chi connectivity index (χ4n) is 2.58. The monoisotopic (exact) mass is 272 g/mol. The van der Waals surface area contributed by atoms with Crippen molar-refractivity contribution in [1.29, 1.82) is 0 Å². The van der Waals surface area contributed by atoms with Crippen LogP contribution in [-0.2, 0) is 0 Å². The number of hydrogen-bond acceptors (Lipinski definition) is 0. The zero-order valence-corrected chi connectivity index (χ0v) is 12.6. The van der Waals surface area contributed by atoms with Crippen LogP contribution in [0.15, 0.2) is 78.9 Å². The van der Waals surface area contributed by atoms with E-state index in [9.17, 15) is 0 Å². The van der Waals surface area contributed by atoms with Crippen LogP contribution in [0, 0.1) is 0 Å². The highest BCUT2D eigenvalue weighted by Crippen LogP contribution is 2.30. The summed E-state index contributed by atoms with van der Waals surface area (Å²) in [5.41, 5.74) is 6.52. The number of benzene rings is 3. The molecule has 0 aliphatic rings. The first-order valence-corrected chi connectivity index (χ1v) is 7.50. The molecule has 0 heteroatoms. The molecular weight excluding hydrogens is 252 g/mol. The zero-order valence-electron chi connectivity index (χ0n) is 12.6. The van der Waals surface area contributed by atoms with Gasteiger partial charge in [-0.05, 0) is 39.8 Å². The first-order valence-electron chi connectivity index (χ1n) is 7.50. The third-order valence-electron chi connectivity index (χ3n) is 3.84. The highest BCUT2D eigenvalue weighted by atomic mass is 14.1. The van der Waals surface area contributed by atoms with Crippen LogP contribution in [-0.4, -0.2) is 0 Å². The maximum atomic E-state index is 2.31. The van der Waals surface area contributed by atoms with Gasteiger partial charge in [0, 0.05) is 0 Å². The van der Waals surface area contributed by atoms with Crippen molar-refractivity contribution in [3.05, 3.63) is 84.4 Å². The van der Waals surface area contributed by atoms with E-state index in [1.54, 1.807) is 0 Å². The van der Waals surface area contributed by atoms with Crippen LogP contribution in [0.5, 0.6) is 0 Å². The Hall–Kier alpha value is -2.34. The molecule has 3 aromatic rings. The molecule has 104 valence electrons. The van der Waals surface area contributed by atoms with Crippen LogP contribution in [0.1, 0.15) is 25.3 Å². The van der Waals surface area contributed by atoms with E-state index in [0.29, 0.717) is 5.92 Å². The van der Waals surface area contributed by atoms with Crippen molar-refractivity contribution in [3.8, 4) is 22.3 Å². The van der Waals surface area contributed by atoms with E-state index in [-0.39, 0.29) is 0 Å². The fraction of sp³-hybridized carbons (Fsp3) is 0.143. The summed E-state index contributed by atoms with van der Waals surface area (Å²) >= 11 is 0. The van der Waals surface area contributed by atoms with Crippen molar-refractivity contribution < 1.29 is 0 Å². The Bertz CT molecular complexity index is 652. The normalized spacial score (nSPS) is 10.8. The third kappa shape index (κ3) is 3.05. The average molecular weight is 272 g/mol. The van der Waals surface area contributed by atoms with E-state index in [4.69, 9.17) is 0 Å². The van der Waals surface area contributed by atoms with Gasteiger partial charge in [-0.15, -0.1) is 0 Å². The summed E-state index contributed by atoms with van der Waals surface area (Å²) in [5.74, 6) is 0.524. The molecule has 0 bridgehead atoms. The first-order chi connectivity index (χ1) is 10.2. The van der Waals surface area contributed by atoms with Gasteiger partial charge in [-0.2, -0.15) is 0 Å². The molecule has 0 aliphatic carbocycles. The number of hydrogen-bond donors (Lipinski definition) is 0. The molecule has 21 heavy (non-hydrogen) atoms. The molecule has 0 unspecified atom stereocenters. The molecule has 0 radical (unpaired) electrons. The Morgan fingerprint density at radius 2 is 0.952 bits per heavy atom. The Kier molecular flexibility index (Phi) is 3.87. The van der Waals surface area contributed by atoms with Crippen LogP contribution in [0.4, 0.5) is 0 Å². The highest BCUT2D eigenvalue weighted by Gasteiger charge is 2.07. The van der Waals surface area contributed by atoms with Gasteiger partial charge < -0.3 is 0 Å². The molecule has 0 nitrogen and oxygen atoms in total. The van der Waals surface area contributed by atoms with Crippen molar-refractivity contribution in [2.24, 2.45) is 0 Å². The van der Waals surface area contributed by atoms with Crippen LogP contribution >= 0.6 is 0 Å². The molecule has 0 spiro atoms. The number of rotatable bonds is 3. The minimum Gasteiger partial charge on any atom is -0.0622 e. The van der Waals surface area contributed by atoms with Crippen molar-refractivity contribution in [1.82, 2.24) is 0 Å². The summed E-state index contributed by atoms with van der Waals surface area (Å²) in [4.78, 5) is 0. The van der Waals surface area contributed by atoms with Crippen LogP contribution in [0.2, 0.25) is 0 Å². The van der Waals surface area contributed by atoms with Gasteiger partial charge in [0.25, 0.3) is 0 Å². The van der Waals surface area contributed by atoms with Gasteiger partial charge in [-0.25, -0.2) is 0 Å². The molecule has 3 rings (SSSR count). The van der Waals surface area contributed by atoms with E-state index in [2.05, 4.69) is 92.7 Å². The molecule has 0 atom stereocenters. The Morgan fingerprint density at radius 1 is 0.524 bits per heavy atom. The molecule has 0 heterocycles. The summed E-state index contributed by atoms with van der Waals surface area (Å²) in [7, 11) is 0. The molecule has 0 fully saturated rings. The SMILES string of the molecule is CC(C)c1cc(-c2ccccc2)cc(-c2ccccc2)c1. The average Bonchev–Trinajstić information content (AvgIpc) is 2.56. The quantitative estimate of drug-likeness (QED) is 0.537. The van der Waals surface area contributed by atoms with E-state index in [1.807, 2.05) is 0 Å². The summed E-state index contributed by atoms with van der Waals surface area (Å²) in [6.07, 6.45) is 0. The van der Waals surface area contributed by atoms with Crippen LogP contribution in [0.25, 0.3) is 22.3 Å². The fourth-order valence-corrected chi connectivity index (χ4v) is 2.58. The summed E-state index contributed by atoms with van der Waals surface area (Å²) in [6, 6.07) is 28.1. The highest BCUT2D eigenvalue weighted by molar-refractivity contribution is 5.74. The second-order valence-corrected chi connectivity index (χ2v) is 5.73. The van der Waals surface area contributed by atoms with Gasteiger partial charge in [0.2, 0.25) is 0 Å². The maximum Gasteiger partial charge on any atom is -0.0175 e. The largest absolute Gasteiger partial charge is 0.0622 e. The predicted octanol–water partition coefficient (Wildman–Crippen LogP) is 6.14. The van der Waals surface area contributed by atoms with Crippen LogP contribution < -0.4 is 0 Å². The van der Waals surface area contributed by atoms with Gasteiger partial charge in [0.15, 0.2) is 0 Å². The molecule has 3 aromatic carbocycles. The summed E-state index contributed by atoms with van der Waals surface area (Å²) in [6.45, 7) is 4.50. The van der Waals surface area contributed by atoms with Gasteiger partial charge in [-0.3, -0.25) is 0 Å². The van der Waals surface area contributed by atoms with Crippen molar-refractivity contribution in [2.75, 3.05) is 0 Å².